The Balaban J connectivity index is 1.74. The van der Waals surface area contributed by atoms with Gasteiger partial charge in [-0.1, -0.05) is 24.3 Å². The van der Waals surface area contributed by atoms with E-state index in [4.69, 9.17) is 0 Å². The number of Topliss-reactive ketones (excluding diaryl/α,β-unsaturated/α-hetero) is 2. The van der Waals surface area contributed by atoms with Crippen molar-refractivity contribution in [2.45, 2.75) is 13.5 Å². The van der Waals surface area contributed by atoms with E-state index in [2.05, 4.69) is 0 Å². The molecule has 0 spiro atoms. The van der Waals surface area contributed by atoms with Gasteiger partial charge in [0, 0.05) is 13.1 Å². The molecule has 3 nitrogen and oxygen atoms in total. The quantitative estimate of drug-likeness (QED) is 0.640. The summed E-state index contributed by atoms with van der Waals surface area (Å²) in [6.45, 7) is 1.99. The molecule has 0 aliphatic carbocycles. The third kappa shape index (κ3) is 3.10. The summed E-state index contributed by atoms with van der Waals surface area (Å²) >= 11 is 0. The van der Waals surface area contributed by atoms with Gasteiger partial charge in [-0.05, 0) is 53.6 Å². The Hall–Kier alpha value is -3.08. The number of ketones is 2. The Morgan fingerprint density at radius 2 is 1.81 bits per heavy atom. The summed E-state index contributed by atoms with van der Waals surface area (Å²) in [5.41, 5.74) is 1.41. The van der Waals surface area contributed by atoms with Crippen molar-refractivity contribution < 1.29 is 18.4 Å². The smallest absolute Gasteiger partial charge is 0.180 e. The predicted molar refractivity (Wildman–Crippen MR) is 99.9 cm³/mol. The number of anilines is 1. The first kappa shape index (κ1) is 17.3. The molecule has 0 fully saturated rings. The molecule has 0 radical (unpaired) electrons. The van der Waals surface area contributed by atoms with Crippen LogP contribution in [0.2, 0.25) is 0 Å². The second kappa shape index (κ2) is 6.58. The molecule has 3 aromatic rings. The number of rotatable bonds is 3. The highest BCUT2D eigenvalue weighted by molar-refractivity contribution is 6.14. The van der Waals surface area contributed by atoms with E-state index in [1.165, 1.54) is 25.1 Å². The number of fused-ring (bicyclic) bond motifs is 2. The van der Waals surface area contributed by atoms with Crippen LogP contribution in [-0.2, 0) is 11.3 Å². The molecular weight excluding hydrogens is 348 g/mol. The van der Waals surface area contributed by atoms with E-state index in [0.717, 1.165) is 16.3 Å². The first-order chi connectivity index (χ1) is 12.9. The molecule has 1 unspecified atom stereocenters. The topological polar surface area (TPSA) is 37.4 Å². The van der Waals surface area contributed by atoms with Crippen molar-refractivity contribution in [3.63, 3.8) is 0 Å². The van der Waals surface area contributed by atoms with E-state index >= 15 is 0 Å². The summed E-state index contributed by atoms with van der Waals surface area (Å²) in [7, 11) is 0. The molecule has 3 aromatic carbocycles. The number of carbonyl (C=O) groups excluding carboxylic acids is 2. The molecule has 4 rings (SSSR count). The average Bonchev–Trinajstić information content (AvgIpc) is 2.63. The van der Waals surface area contributed by atoms with Crippen LogP contribution in [0.3, 0.4) is 0 Å². The Bertz CT molecular complexity index is 1080. The number of benzene rings is 3. The standard InChI is InChI=1S/C22H17F2NO2/c1-13(26)18-12-25(20-4-2-3-19(24)21(20)22(18)27)11-14-5-6-16-10-17(23)8-7-15(16)9-14/h2-10,18H,11-12H2,1H3. The third-order valence-corrected chi connectivity index (χ3v) is 5.03. The zero-order valence-electron chi connectivity index (χ0n) is 14.7. The van der Waals surface area contributed by atoms with Crippen molar-refractivity contribution in [3.8, 4) is 0 Å². The molecule has 136 valence electrons. The number of hydrogen-bond acceptors (Lipinski definition) is 3. The fourth-order valence-corrected chi connectivity index (χ4v) is 3.64. The fourth-order valence-electron chi connectivity index (χ4n) is 3.64. The Kier molecular flexibility index (Phi) is 4.22. The minimum Gasteiger partial charge on any atom is -0.365 e. The number of carbonyl (C=O) groups is 2. The lowest BCUT2D eigenvalue weighted by molar-refractivity contribution is -0.119. The van der Waals surface area contributed by atoms with E-state index in [1.807, 2.05) is 23.1 Å². The van der Waals surface area contributed by atoms with E-state index in [-0.39, 0.29) is 23.7 Å². The lowest BCUT2D eigenvalue weighted by Crippen LogP contribution is -2.42. The van der Waals surface area contributed by atoms with Gasteiger partial charge in [0.2, 0.25) is 0 Å². The Morgan fingerprint density at radius 1 is 1.07 bits per heavy atom. The minimum atomic E-state index is -0.871. The van der Waals surface area contributed by atoms with Crippen LogP contribution in [0.25, 0.3) is 10.8 Å². The van der Waals surface area contributed by atoms with Gasteiger partial charge in [0.15, 0.2) is 5.78 Å². The molecule has 0 N–H and O–H groups in total. The van der Waals surface area contributed by atoms with Gasteiger partial charge < -0.3 is 4.90 Å². The lowest BCUT2D eigenvalue weighted by Gasteiger charge is -2.34. The highest BCUT2D eigenvalue weighted by Gasteiger charge is 2.36. The van der Waals surface area contributed by atoms with Crippen LogP contribution in [-0.4, -0.2) is 18.1 Å². The number of halogens is 2. The second-order valence-electron chi connectivity index (χ2n) is 6.87. The molecule has 0 saturated heterocycles. The van der Waals surface area contributed by atoms with Crippen LogP contribution < -0.4 is 4.90 Å². The first-order valence-corrected chi connectivity index (χ1v) is 8.70. The van der Waals surface area contributed by atoms with Crippen LogP contribution >= 0.6 is 0 Å². The summed E-state index contributed by atoms with van der Waals surface area (Å²) in [4.78, 5) is 26.3. The predicted octanol–water partition coefficient (Wildman–Crippen LogP) is 4.53. The van der Waals surface area contributed by atoms with Gasteiger partial charge in [0.1, 0.15) is 17.4 Å². The van der Waals surface area contributed by atoms with E-state index < -0.39 is 17.5 Å². The van der Waals surface area contributed by atoms with Crippen LogP contribution in [0.5, 0.6) is 0 Å². The monoisotopic (exact) mass is 365 g/mol. The largest absolute Gasteiger partial charge is 0.365 e. The highest BCUT2D eigenvalue weighted by Crippen LogP contribution is 2.33. The summed E-state index contributed by atoms with van der Waals surface area (Å²) in [5, 5.41) is 1.69. The highest BCUT2D eigenvalue weighted by atomic mass is 19.1. The second-order valence-corrected chi connectivity index (χ2v) is 6.87. The van der Waals surface area contributed by atoms with Gasteiger partial charge in [-0.25, -0.2) is 8.78 Å². The van der Waals surface area contributed by atoms with Crippen molar-refractivity contribution in [1.82, 2.24) is 0 Å². The molecule has 0 saturated carbocycles. The number of nitrogens with zero attached hydrogens (tertiary/aromatic N) is 1. The molecule has 1 aliphatic heterocycles. The van der Waals surface area contributed by atoms with Gasteiger partial charge in [-0.3, -0.25) is 9.59 Å². The maximum Gasteiger partial charge on any atom is 0.180 e. The molecule has 0 bridgehead atoms. The van der Waals surface area contributed by atoms with Gasteiger partial charge in [-0.15, -0.1) is 0 Å². The van der Waals surface area contributed by atoms with Crippen molar-refractivity contribution >= 4 is 28.0 Å². The fraction of sp³-hybridized carbons (Fsp3) is 0.182. The summed E-state index contributed by atoms with van der Waals surface area (Å²) in [5.74, 6) is -2.50. The van der Waals surface area contributed by atoms with Gasteiger partial charge >= 0.3 is 0 Å². The van der Waals surface area contributed by atoms with Crippen LogP contribution in [0.1, 0.15) is 22.8 Å². The third-order valence-electron chi connectivity index (χ3n) is 5.03. The van der Waals surface area contributed by atoms with Crippen molar-refractivity contribution in [2.75, 3.05) is 11.4 Å². The average molecular weight is 365 g/mol. The molecule has 5 heteroatoms. The summed E-state index contributed by atoms with van der Waals surface area (Å²) in [6, 6.07) is 14.7. The van der Waals surface area contributed by atoms with Crippen LogP contribution in [0, 0.1) is 17.6 Å². The lowest BCUT2D eigenvalue weighted by atomic mass is 9.88. The van der Waals surface area contributed by atoms with E-state index in [0.29, 0.717) is 12.2 Å². The SMILES string of the molecule is CC(=O)C1CN(Cc2ccc3cc(F)ccc3c2)c2cccc(F)c2C1=O. The molecule has 1 aliphatic rings. The Labute approximate surface area is 155 Å². The minimum absolute atomic E-state index is 0.0215. The molecule has 1 atom stereocenters. The zero-order valence-corrected chi connectivity index (χ0v) is 14.7. The maximum atomic E-state index is 14.3. The number of hydrogen-bond donors (Lipinski definition) is 0. The zero-order chi connectivity index (χ0) is 19.1. The molecule has 27 heavy (non-hydrogen) atoms. The summed E-state index contributed by atoms with van der Waals surface area (Å²) in [6.07, 6.45) is 0. The summed E-state index contributed by atoms with van der Waals surface area (Å²) < 4.78 is 27.7. The normalized spacial score (nSPS) is 16.5. The Morgan fingerprint density at radius 3 is 2.59 bits per heavy atom. The van der Waals surface area contributed by atoms with Gasteiger partial charge in [0.05, 0.1) is 17.2 Å². The molecule has 0 amide bonds. The van der Waals surface area contributed by atoms with Crippen molar-refractivity contribution in [2.24, 2.45) is 5.92 Å². The maximum absolute atomic E-state index is 14.3. The van der Waals surface area contributed by atoms with Crippen molar-refractivity contribution in [1.29, 1.82) is 0 Å². The molecular formula is C22H17F2NO2. The van der Waals surface area contributed by atoms with E-state index in [1.54, 1.807) is 18.2 Å². The first-order valence-electron chi connectivity index (χ1n) is 8.70. The van der Waals surface area contributed by atoms with Gasteiger partial charge in [0.25, 0.3) is 0 Å². The van der Waals surface area contributed by atoms with Gasteiger partial charge in [-0.2, -0.15) is 0 Å². The van der Waals surface area contributed by atoms with Crippen LogP contribution in [0.15, 0.2) is 54.6 Å². The molecule has 1 heterocycles. The van der Waals surface area contributed by atoms with Crippen LogP contribution in [0.4, 0.5) is 14.5 Å². The van der Waals surface area contributed by atoms with E-state index in [9.17, 15) is 18.4 Å². The molecule has 0 aromatic heterocycles. The van der Waals surface area contributed by atoms with Crippen molar-refractivity contribution in [3.05, 3.63) is 77.4 Å².